The smallest absolute Gasteiger partial charge is 0.343 e. The third kappa shape index (κ3) is 5.30. The molecule has 0 fully saturated rings. The highest BCUT2D eigenvalue weighted by atomic mass is 16.6. The highest BCUT2D eigenvalue weighted by molar-refractivity contribution is 5.96. The first-order valence-electron chi connectivity index (χ1n) is 9.60. The fourth-order valence-corrected chi connectivity index (χ4v) is 2.83. The van der Waals surface area contributed by atoms with Crippen LogP contribution in [0.15, 0.2) is 60.7 Å². The first-order valence-corrected chi connectivity index (χ1v) is 9.60. The van der Waals surface area contributed by atoms with E-state index < -0.39 is 23.9 Å². The lowest BCUT2D eigenvalue weighted by atomic mass is 10.1. The lowest BCUT2D eigenvalue weighted by Gasteiger charge is -2.11. The molecule has 0 aliphatic carbocycles. The zero-order valence-corrected chi connectivity index (χ0v) is 17.9. The minimum Gasteiger partial charge on any atom is -0.493 e. The highest BCUT2D eigenvalue weighted by Crippen LogP contribution is 2.30. The van der Waals surface area contributed by atoms with Crippen molar-refractivity contribution in [2.45, 2.75) is 0 Å². The fourth-order valence-electron chi connectivity index (χ4n) is 2.83. The van der Waals surface area contributed by atoms with Gasteiger partial charge in [-0.25, -0.2) is 19.2 Å². The van der Waals surface area contributed by atoms with Crippen LogP contribution in [-0.4, -0.2) is 48.3 Å². The molecular formula is C24H18O10. The van der Waals surface area contributed by atoms with Crippen LogP contribution in [0.25, 0.3) is 0 Å². The topological polar surface area (TPSA) is 146 Å². The maximum atomic E-state index is 12.5. The normalized spacial score (nSPS) is 10.2. The molecular weight excluding hydrogens is 448 g/mol. The van der Waals surface area contributed by atoms with E-state index in [2.05, 4.69) is 0 Å². The van der Waals surface area contributed by atoms with E-state index >= 15 is 0 Å². The van der Waals surface area contributed by atoms with Gasteiger partial charge in [0.05, 0.1) is 36.5 Å². The van der Waals surface area contributed by atoms with Crippen LogP contribution in [0.4, 0.5) is 0 Å². The fraction of sp³-hybridized carbons (Fsp3) is 0.0833. The van der Waals surface area contributed by atoms with E-state index in [1.807, 2.05) is 0 Å². The van der Waals surface area contributed by atoms with Crippen molar-refractivity contribution in [1.82, 2.24) is 0 Å². The summed E-state index contributed by atoms with van der Waals surface area (Å²) in [5.74, 6) is -3.65. The van der Waals surface area contributed by atoms with Crippen LogP contribution in [0.5, 0.6) is 23.0 Å². The summed E-state index contributed by atoms with van der Waals surface area (Å²) in [6.07, 6.45) is 0. The van der Waals surface area contributed by atoms with Crippen molar-refractivity contribution >= 4 is 23.9 Å². The first kappa shape index (κ1) is 23.8. The van der Waals surface area contributed by atoms with Gasteiger partial charge >= 0.3 is 23.9 Å². The SMILES string of the molecule is COc1cc(C(=O)O)ccc1OC(=O)c1ccc(C(=O)Oc2ccc(C(=O)O)cc2OC)cc1. The average Bonchev–Trinajstić information content (AvgIpc) is 2.84. The van der Waals surface area contributed by atoms with E-state index in [1.54, 1.807) is 0 Å². The van der Waals surface area contributed by atoms with Crippen LogP contribution >= 0.6 is 0 Å². The van der Waals surface area contributed by atoms with E-state index in [0.29, 0.717) is 0 Å². The molecule has 34 heavy (non-hydrogen) atoms. The molecule has 174 valence electrons. The van der Waals surface area contributed by atoms with E-state index in [-0.39, 0.29) is 45.3 Å². The number of rotatable bonds is 8. The number of carboxylic acids is 2. The Morgan fingerprint density at radius 2 is 0.853 bits per heavy atom. The molecule has 0 unspecified atom stereocenters. The molecule has 10 heteroatoms. The molecule has 0 atom stereocenters. The van der Waals surface area contributed by atoms with Crippen molar-refractivity contribution in [3.8, 4) is 23.0 Å². The summed E-state index contributed by atoms with van der Waals surface area (Å²) < 4.78 is 20.7. The Bertz CT molecular complexity index is 1160. The molecule has 2 N–H and O–H groups in total. The summed E-state index contributed by atoms with van der Waals surface area (Å²) in [4.78, 5) is 47.1. The summed E-state index contributed by atoms with van der Waals surface area (Å²) in [5.41, 5.74) is 0.163. The molecule has 0 bridgehead atoms. The van der Waals surface area contributed by atoms with E-state index in [0.717, 1.165) is 0 Å². The van der Waals surface area contributed by atoms with E-state index in [4.69, 9.17) is 29.2 Å². The van der Waals surface area contributed by atoms with Gasteiger partial charge in [0, 0.05) is 0 Å². The third-order valence-corrected chi connectivity index (χ3v) is 4.58. The Morgan fingerprint density at radius 1 is 0.529 bits per heavy atom. The van der Waals surface area contributed by atoms with Crippen LogP contribution < -0.4 is 18.9 Å². The van der Waals surface area contributed by atoms with Gasteiger partial charge in [-0.15, -0.1) is 0 Å². The van der Waals surface area contributed by atoms with E-state index in [1.165, 1.54) is 74.9 Å². The van der Waals surface area contributed by atoms with Crippen LogP contribution in [-0.2, 0) is 0 Å². The molecule has 3 aromatic carbocycles. The molecule has 0 heterocycles. The second-order valence-electron chi connectivity index (χ2n) is 6.70. The van der Waals surface area contributed by atoms with Gasteiger partial charge in [0.15, 0.2) is 23.0 Å². The second-order valence-corrected chi connectivity index (χ2v) is 6.70. The van der Waals surface area contributed by atoms with Crippen molar-refractivity contribution in [3.05, 3.63) is 82.9 Å². The van der Waals surface area contributed by atoms with Gasteiger partial charge in [0.25, 0.3) is 0 Å². The standard InChI is InChI=1S/C24H18O10/c1-31-19-11-15(21(25)26)7-9-17(19)33-23(29)13-3-5-14(6-4-13)24(30)34-18-10-8-16(22(27)28)12-20(18)32-2/h3-12H,1-2H3,(H,25,26)(H,27,28). The number of hydrogen-bond acceptors (Lipinski definition) is 8. The quantitative estimate of drug-likeness (QED) is 0.373. The van der Waals surface area contributed by atoms with Crippen LogP contribution in [0.3, 0.4) is 0 Å². The Labute approximate surface area is 192 Å². The number of hydrogen-bond donors (Lipinski definition) is 2. The predicted octanol–water partition coefficient (Wildman–Crippen LogP) is 3.54. The molecule has 0 saturated heterocycles. The van der Waals surface area contributed by atoms with Gasteiger partial charge in [0.1, 0.15) is 0 Å². The van der Waals surface area contributed by atoms with Gasteiger partial charge < -0.3 is 29.2 Å². The molecule has 3 rings (SSSR count). The first-order chi connectivity index (χ1) is 16.2. The van der Waals surface area contributed by atoms with Gasteiger partial charge in [-0.05, 0) is 60.7 Å². The number of benzene rings is 3. The zero-order chi connectivity index (χ0) is 24.8. The largest absolute Gasteiger partial charge is 0.493 e. The van der Waals surface area contributed by atoms with Crippen molar-refractivity contribution in [1.29, 1.82) is 0 Å². The number of carbonyl (C=O) groups excluding carboxylic acids is 2. The number of methoxy groups -OCH3 is 2. The Morgan fingerprint density at radius 3 is 1.15 bits per heavy atom. The molecule has 0 radical (unpaired) electrons. The summed E-state index contributed by atoms with van der Waals surface area (Å²) >= 11 is 0. The molecule has 0 spiro atoms. The molecule has 10 nitrogen and oxygen atoms in total. The Hall–Kier alpha value is -4.86. The number of esters is 2. The van der Waals surface area contributed by atoms with Crippen LogP contribution in [0, 0.1) is 0 Å². The molecule has 3 aromatic rings. The van der Waals surface area contributed by atoms with Crippen molar-refractivity contribution in [2.24, 2.45) is 0 Å². The molecule has 0 saturated carbocycles. The minimum absolute atomic E-state index is 0.0258. The second kappa shape index (κ2) is 10.2. The summed E-state index contributed by atoms with van der Waals surface area (Å²) in [5, 5.41) is 18.1. The monoisotopic (exact) mass is 466 g/mol. The van der Waals surface area contributed by atoms with Gasteiger partial charge in [-0.1, -0.05) is 0 Å². The maximum Gasteiger partial charge on any atom is 0.343 e. The van der Waals surface area contributed by atoms with Gasteiger partial charge in [-0.3, -0.25) is 0 Å². The summed E-state index contributed by atoms with van der Waals surface area (Å²) in [7, 11) is 2.62. The summed E-state index contributed by atoms with van der Waals surface area (Å²) in [6, 6.07) is 13.0. The maximum absolute atomic E-state index is 12.5. The minimum atomic E-state index is -1.16. The van der Waals surface area contributed by atoms with Gasteiger partial charge in [-0.2, -0.15) is 0 Å². The lowest BCUT2D eigenvalue weighted by Crippen LogP contribution is -2.12. The Balaban J connectivity index is 1.72. The number of carboxylic acid groups (broad SMARTS) is 2. The highest BCUT2D eigenvalue weighted by Gasteiger charge is 2.18. The Kier molecular flexibility index (Phi) is 7.12. The van der Waals surface area contributed by atoms with Crippen molar-refractivity contribution in [2.75, 3.05) is 14.2 Å². The predicted molar refractivity (Wildman–Crippen MR) is 116 cm³/mol. The lowest BCUT2D eigenvalue weighted by molar-refractivity contribution is 0.0684. The van der Waals surface area contributed by atoms with Crippen LogP contribution in [0.1, 0.15) is 41.4 Å². The third-order valence-electron chi connectivity index (χ3n) is 4.58. The zero-order valence-electron chi connectivity index (χ0n) is 17.9. The van der Waals surface area contributed by atoms with Gasteiger partial charge in [0.2, 0.25) is 0 Å². The van der Waals surface area contributed by atoms with Crippen LogP contribution in [0.2, 0.25) is 0 Å². The number of carbonyl (C=O) groups is 4. The number of aromatic carboxylic acids is 2. The van der Waals surface area contributed by atoms with E-state index in [9.17, 15) is 19.2 Å². The molecule has 0 aliphatic rings. The van der Waals surface area contributed by atoms with Crippen molar-refractivity contribution < 1.29 is 48.3 Å². The average molecular weight is 466 g/mol. The number of ether oxygens (including phenoxy) is 4. The molecule has 0 aromatic heterocycles. The molecule has 0 amide bonds. The van der Waals surface area contributed by atoms with Crippen molar-refractivity contribution in [3.63, 3.8) is 0 Å². The molecule has 0 aliphatic heterocycles. The summed E-state index contributed by atoms with van der Waals surface area (Å²) in [6.45, 7) is 0.